The second-order valence-electron chi connectivity index (χ2n) is 4.10. The molecule has 0 atom stereocenters. The first-order valence-corrected chi connectivity index (χ1v) is 5.41. The molecule has 0 bridgehead atoms. The van der Waals surface area contributed by atoms with Gasteiger partial charge in [0, 0.05) is 0 Å². The Balaban J connectivity index is 1.90. The molecule has 0 heteroatoms. The fraction of sp³-hybridized carbons (Fsp3) is 0.538. The molecule has 0 spiro atoms. The van der Waals surface area contributed by atoms with Gasteiger partial charge < -0.3 is 0 Å². The molecule has 69 valence electrons. The second-order valence-corrected chi connectivity index (χ2v) is 4.10. The summed E-state index contributed by atoms with van der Waals surface area (Å²) < 4.78 is 0. The molecule has 1 aliphatic rings. The predicted molar refractivity (Wildman–Crippen MR) is 55.6 cm³/mol. The Labute approximate surface area is 81.0 Å². The van der Waals surface area contributed by atoms with Crippen LogP contribution in [0.4, 0.5) is 0 Å². The van der Waals surface area contributed by atoms with E-state index in [1.54, 1.807) is 0 Å². The van der Waals surface area contributed by atoms with Crippen molar-refractivity contribution >= 4 is 0 Å². The van der Waals surface area contributed by atoms with Crippen molar-refractivity contribution < 1.29 is 0 Å². The van der Waals surface area contributed by atoms with E-state index in [0.29, 0.717) is 0 Å². The summed E-state index contributed by atoms with van der Waals surface area (Å²) in [6, 6.07) is 11.7. The number of hydrogen-bond donors (Lipinski definition) is 0. The normalized spacial score (nSPS) is 18.8. The fourth-order valence-electron chi connectivity index (χ4n) is 2.26. The van der Waals surface area contributed by atoms with Crippen molar-refractivity contribution in [3.63, 3.8) is 0 Å². The zero-order valence-corrected chi connectivity index (χ0v) is 8.13. The lowest BCUT2D eigenvalue weighted by Gasteiger charge is -2.21. The van der Waals surface area contributed by atoms with Crippen LogP contribution in [0.15, 0.2) is 24.3 Å². The summed E-state index contributed by atoms with van der Waals surface area (Å²) in [7, 11) is 0. The van der Waals surface area contributed by atoms with E-state index in [1.807, 2.05) is 12.1 Å². The third-order valence-corrected chi connectivity index (χ3v) is 3.01. The Hall–Kier alpha value is -0.780. The molecule has 1 saturated carbocycles. The van der Waals surface area contributed by atoms with E-state index in [-0.39, 0.29) is 0 Å². The van der Waals surface area contributed by atoms with Gasteiger partial charge in [-0.2, -0.15) is 0 Å². The lowest BCUT2D eigenvalue weighted by Crippen LogP contribution is -2.09. The molecule has 1 aromatic carbocycles. The van der Waals surface area contributed by atoms with Crippen molar-refractivity contribution in [1.82, 2.24) is 0 Å². The highest BCUT2D eigenvalue weighted by atomic mass is 14.2. The van der Waals surface area contributed by atoms with E-state index in [1.165, 1.54) is 44.1 Å². The Morgan fingerprint density at radius 2 is 2.00 bits per heavy atom. The summed E-state index contributed by atoms with van der Waals surface area (Å²) in [6.07, 6.45) is 8.45. The second kappa shape index (κ2) is 4.45. The van der Waals surface area contributed by atoms with Crippen LogP contribution >= 0.6 is 0 Å². The maximum atomic E-state index is 3.32. The minimum Gasteiger partial charge on any atom is -0.0620 e. The van der Waals surface area contributed by atoms with Crippen molar-refractivity contribution in [2.75, 3.05) is 0 Å². The van der Waals surface area contributed by atoms with Crippen molar-refractivity contribution in [3.8, 4) is 0 Å². The van der Waals surface area contributed by atoms with E-state index in [4.69, 9.17) is 0 Å². The maximum absolute atomic E-state index is 3.32. The molecule has 0 saturated heterocycles. The van der Waals surface area contributed by atoms with Gasteiger partial charge in [-0.3, -0.25) is 0 Å². The quantitative estimate of drug-likeness (QED) is 0.641. The van der Waals surface area contributed by atoms with E-state index in [0.717, 1.165) is 5.92 Å². The van der Waals surface area contributed by atoms with Gasteiger partial charge in [0.25, 0.3) is 0 Å². The van der Waals surface area contributed by atoms with Gasteiger partial charge >= 0.3 is 0 Å². The molecule has 1 aromatic rings. The Kier molecular flexibility index (Phi) is 3.02. The Morgan fingerprint density at radius 1 is 1.15 bits per heavy atom. The van der Waals surface area contributed by atoms with E-state index < -0.39 is 0 Å². The summed E-state index contributed by atoms with van der Waals surface area (Å²) in [5, 5.41) is 0. The largest absolute Gasteiger partial charge is 0.0620 e. The standard InChI is InChI=1S/C13H17/c1-3-7-12(8-4-1)11-13-9-5-2-6-10-13/h1,3-4,7,13H,2,5-6,9-11H2. The summed E-state index contributed by atoms with van der Waals surface area (Å²) >= 11 is 0. The van der Waals surface area contributed by atoms with Crippen LogP contribution in [0.25, 0.3) is 0 Å². The summed E-state index contributed by atoms with van der Waals surface area (Å²) in [6.45, 7) is 0. The topological polar surface area (TPSA) is 0 Å². The van der Waals surface area contributed by atoms with Crippen LogP contribution in [0.5, 0.6) is 0 Å². The van der Waals surface area contributed by atoms with Gasteiger partial charge in [-0.1, -0.05) is 56.4 Å². The molecule has 1 radical (unpaired) electrons. The maximum Gasteiger partial charge on any atom is -0.0149 e. The monoisotopic (exact) mass is 173 g/mol. The number of rotatable bonds is 2. The molecule has 0 aromatic heterocycles. The first-order chi connectivity index (χ1) is 6.45. The lowest BCUT2D eigenvalue weighted by atomic mass is 9.85. The van der Waals surface area contributed by atoms with Crippen LogP contribution in [-0.2, 0) is 6.42 Å². The van der Waals surface area contributed by atoms with Gasteiger partial charge in [0.05, 0.1) is 0 Å². The molecule has 0 heterocycles. The molecule has 0 unspecified atom stereocenters. The van der Waals surface area contributed by atoms with Crippen LogP contribution in [0, 0.1) is 12.0 Å². The van der Waals surface area contributed by atoms with Gasteiger partial charge in [0.15, 0.2) is 0 Å². The molecule has 13 heavy (non-hydrogen) atoms. The van der Waals surface area contributed by atoms with Gasteiger partial charge in [-0.25, -0.2) is 0 Å². The molecule has 2 rings (SSSR count). The molecule has 1 aliphatic carbocycles. The molecule has 0 nitrogen and oxygen atoms in total. The van der Waals surface area contributed by atoms with Gasteiger partial charge in [0.2, 0.25) is 0 Å². The zero-order valence-electron chi connectivity index (χ0n) is 8.13. The predicted octanol–water partition coefficient (Wildman–Crippen LogP) is 3.61. The van der Waals surface area contributed by atoms with E-state index in [2.05, 4.69) is 18.2 Å². The van der Waals surface area contributed by atoms with Crippen LogP contribution in [0.1, 0.15) is 37.7 Å². The summed E-state index contributed by atoms with van der Waals surface area (Å²) in [4.78, 5) is 0. The number of benzene rings is 1. The Morgan fingerprint density at radius 3 is 2.69 bits per heavy atom. The molecule has 0 N–H and O–H groups in total. The fourth-order valence-corrected chi connectivity index (χ4v) is 2.26. The third kappa shape index (κ3) is 2.58. The molecular weight excluding hydrogens is 156 g/mol. The number of hydrogen-bond acceptors (Lipinski definition) is 0. The average Bonchev–Trinajstić information content (AvgIpc) is 2.21. The Bertz CT molecular complexity index is 231. The highest BCUT2D eigenvalue weighted by Crippen LogP contribution is 2.26. The SMILES string of the molecule is [c]1ccccc1CC1CCCCC1. The van der Waals surface area contributed by atoms with Crippen molar-refractivity contribution in [1.29, 1.82) is 0 Å². The van der Waals surface area contributed by atoms with E-state index >= 15 is 0 Å². The van der Waals surface area contributed by atoms with Crippen LogP contribution in [-0.4, -0.2) is 0 Å². The van der Waals surface area contributed by atoms with Crippen molar-refractivity contribution in [2.24, 2.45) is 5.92 Å². The first kappa shape index (κ1) is 8.80. The third-order valence-electron chi connectivity index (χ3n) is 3.01. The van der Waals surface area contributed by atoms with Crippen LogP contribution < -0.4 is 0 Å². The van der Waals surface area contributed by atoms with Crippen LogP contribution in [0.2, 0.25) is 0 Å². The van der Waals surface area contributed by atoms with Crippen molar-refractivity contribution in [3.05, 3.63) is 35.9 Å². The highest BCUT2D eigenvalue weighted by molar-refractivity contribution is 5.13. The van der Waals surface area contributed by atoms with Crippen LogP contribution in [0.3, 0.4) is 0 Å². The molecule has 0 amide bonds. The van der Waals surface area contributed by atoms with E-state index in [9.17, 15) is 0 Å². The van der Waals surface area contributed by atoms with Gasteiger partial charge in [0.1, 0.15) is 0 Å². The van der Waals surface area contributed by atoms with Crippen molar-refractivity contribution in [2.45, 2.75) is 38.5 Å². The van der Waals surface area contributed by atoms with Gasteiger partial charge in [-0.05, 0) is 24.0 Å². The van der Waals surface area contributed by atoms with Gasteiger partial charge in [-0.15, -0.1) is 0 Å². The summed E-state index contributed by atoms with van der Waals surface area (Å²) in [5.41, 5.74) is 1.40. The zero-order chi connectivity index (χ0) is 8.93. The molecule has 1 fully saturated rings. The minimum atomic E-state index is 0.937. The molecular formula is C13H17. The highest BCUT2D eigenvalue weighted by Gasteiger charge is 2.13. The summed E-state index contributed by atoms with van der Waals surface area (Å²) in [5.74, 6) is 0.937. The lowest BCUT2D eigenvalue weighted by molar-refractivity contribution is 0.356. The first-order valence-electron chi connectivity index (χ1n) is 5.41. The molecule has 0 aliphatic heterocycles. The minimum absolute atomic E-state index is 0.937. The smallest absolute Gasteiger partial charge is 0.0149 e. The average molecular weight is 173 g/mol.